The zero-order chi connectivity index (χ0) is 19.4. The summed E-state index contributed by atoms with van der Waals surface area (Å²) in [4.78, 5) is 30.9. The number of pyridine rings is 1. The first-order valence-corrected chi connectivity index (χ1v) is 7.90. The van der Waals surface area contributed by atoms with Crippen LogP contribution in [0.15, 0.2) is 37.8 Å². The molecule has 0 saturated heterocycles. The molecule has 3 aromatic rings. The van der Waals surface area contributed by atoms with Gasteiger partial charge in [0.25, 0.3) is 0 Å². The van der Waals surface area contributed by atoms with Gasteiger partial charge in [0.15, 0.2) is 0 Å². The van der Waals surface area contributed by atoms with Crippen molar-refractivity contribution in [2.75, 3.05) is 11.1 Å². The maximum atomic E-state index is 11.2. The van der Waals surface area contributed by atoms with Crippen molar-refractivity contribution in [1.29, 1.82) is 0 Å². The Labute approximate surface area is 154 Å². The van der Waals surface area contributed by atoms with Crippen LogP contribution in [0.25, 0.3) is 23.3 Å². The first kappa shape index (κ1) is 17.8. The van der Waals surface area contributed by atoms with E-state index in [1.807, 2.05) is 0 Å². The minimum Gasteiger partial charge on any atom is -0.478 e. The van der Waals surface area contributed by atoms with Crippen LogP contribution < -0.4 is 11.1 Å². The fourth-order valence-corrected chi connectivity index (χ4v) is 2.46. The number of hydrogen-bond acceptors (Lipinski definition) is 7. The number of aromatic amines is 1. The van der Waals surface area contributed by atoms with Crippen molar-refractivity contribution < 1.29 is 9.90 Å². The highest BCUT2D eigenvalue weighted by Gasteiger charge is 2.13. The van der Waals surface area contributed by atoms with Gasteiger partial charge in [-0.05, 0) is 18.2 Å². The van der Waals surface area contributed by atoms with Crippen LogP contribution in [-0.2, 0) is 6.54 Å². The fraction of sp³-hybridized carbons (Fsp3) is 0.0556. The van der Waals surface area contributed by atoms with E-state index in [1.165, 1.54) is 24.7 Å². The summed E-state index contributed by atoms with van der Waals surface area (Å²) in [6.07, 6.45) is 7.61. The van der Waals surface area contributed by atoms with Gasteiger partial charge in [-0.2, -0.15) is 4.98 Å². The molecule has 0 amide bonds. The van der Waals surface area contributed by atoms with Gasteiger partial charge in [0.2, 0.25) is 5.95 Å². The first-order chi connectivity index (χ1) is 13.0. The van der Waals surface area contributed by atoms with Crippen molar-refractivity contribution >= 4 is 29.9 Å². The molecule has 136 valence electrons. The number of nitrogens with zero attached hydrogens (tertiary/aromatic N) is 4. The maximum Gasteiger partial charge on any atom is 0.337 e. The standard InChI is InChI=1S/C18H17N7O2/c1-3-13-14(4-2)24-15(23-13)9-21-16-12(8-22-18(19)25-16)10-5-11(17(26)27)7-20-6-10/h3-8H,1-2,9H2,(H,23,24)(H,26,27)(H3,19,21,22,25). The largest absolute Gasteiger partial charge is 0.478 e. The van der Waals surface area contributed by atoms with E-state index in [-0.39, 0.29) is 11.5 Å². The first-order valence-electron chi connectivity index (χ1n) is 7.90. The summed E-state index contributed by atoms with van der Waals surface area (Å²) in [6.45, 7) is 7.77. The Morgan fingerprint density at radius 3 is 2.74 bits per heavy atom. The molecule has 9 nitrogen and oxygen atoms in total. The summed E-state index contributed by atoms with van der Waals surface area (Å²) in [5.41, 5.74) is 8.35. The SMILES string of the molecule is C=Cc1nc(CNc2nc(N)ncc2-c2cncc(C(=O)O)c2)[nH]c1C=C. The van der Waals surface area contributed by atoms with E-state index in [9.17, 15) is 4.79 Å². The van der Waals surface area contributed by atoms with Crippen molar-refractivity contribution in [3.63, 3.8) is 0 Å². The Morgan fingerprint density at radius 2 is 2.07 bits per heavy atom. The predicted molar refractivity (Wildman–Crippen MR) is 103 cm³/mol. The molecule has 3 aromatic heterocycles. The van der Waals surface area contributed by atoms with E-state index < -0.39 is 5.97 Å². The number of H-pyrrole nitrogens is 1. The average molecular weight is 363 g/mol. The number of carboxylic acids is 1. The van der Waals surface area contributed by atoms with Crippen LogP contribution in [0.1, 0.15) is 27.6 Å². The molecule has 0 atom stereocenters. The lowest BCUT2D eigenvalue weighted by atomic mass is 10.1. The number of aromatic nitrogens is 5. The number of rotatable bonds is 7. The molecular formula is C18H17N7O2. The van der Waals surface area contributed by atoms with Crippen LogP contribution in [0.3, 0.4) is 0 Å². The second kappa shape index (κ2) is 7.48. The summed E-state index contributed by atoms with van der Waals surface area (Å²) < 4.78 is 0. The second-order valence-electron chi connectivity index (χ2n) is 5.50. The normalized spacial score (nSPS) is 10.4. The lowest BCUT2D eigenvalue weighted by Crippen LogP contribution is -2.07. The maximum absolute atomic E-state index is 11.2. The molecule has 3 rings (SSSR count). The van der Waals surface area contributed by atoms with Gasteiger partial charge in [-0.3, -0.25) is 4.98 Å². The number of nitrogen functional groups attached to an aromatic ring is 1. The van der Waals surface area contributed by atoms with E-state index in [0.717, 1.165) is 5.69 Å². The number of anilines is 2. The Morgan fingerprint density at radius 1 is 1.26 bits per heavy atom. The second-order valence-corrected chi connectivity index (χ2v) is 5.50. The van der Waals surface area contributed by atoms with Gasteiger partial charge >= 0.3 is 5.97 Å². The van der Waals surface area contributed by atoms with Gasteiger partial charge in [0.1, 0.15) is 11.6 Å². The van der Waals surface area contributed by atoms with E-state index >= 15 is 0 Å². The fourth-order valence-electron chi connectivity index (χ4n) is 2.46. The Kier molecular flexibility index (Phi) is 4.93. The molecule has 0 bridgehead atoms. The predicted octanol–water partition coefficient (Wildman–Crippen LogP) is 2.44. The van der Waals surface area contributed by atoms with Gasteiger partial charge in [-0.1, -0.05) is 13.2 Å². The number of carbonyl (C=O) groups is 1. The van der Waals surface area contributed by atoms with Gasteiger partial charge in [-0.15, -0.1) is 0 Å². The van der Waals surface area contributed by atoms with Gasteiger partial charge in [0.05, 0.1) is 23.5 Å². The van der Waals surface area contributed by atoms with Crippen LogP contribution in [0.4, 0.5) is 11.8 Å². The summed E-state index contributed by atoms with van der Waals surface area (Å²) in [5.74, 6) is 0.102. The number of carboxylic acid groups (broad SMARTS) is 1. The Balaban J connectivity index is 1.92. The minimum absolute atomic E-state index is 0.0626. The number of aromatic carboxylic acids is 1. The lowest BCUT2D eigenvalue weighted by Gasteiger charge is -2.11. The van der Waals surface area contributed by atoms with E-state index in [4.69, 9.17) is 10.8 Å². The molecule has 0 fully saturated rings. The molecule has 0 aliphatic heterocycles. The third kappa shape index (κ3) is 3.82. The third-order valence-corrected chi connectivity index (χ3v) is 3.73. The summed E-state index contributed by atoms with van der Waals surface area (Å²) in [5, 5.41) is 12.3. The molecule has 0 unspecified atom stereocenters. The molecule has 0 radical (unpaired) electrons. The summed E-state index contributed by atoms with van der Waals surface area (Å²) in [6, 6.07) is 1.49. The number of nitrogens with two attached hydrogens (primary N) is 1. The number of hydrogen-bond donors (Lipinski definition) is 4. The topological polar surface area (TPSA) is 143 Å². The summed E-state index contributed by atoms with van der Waals surface area (Å²) in [7, 11) is 0. The van der Waals surface area contributed by atoms with Crippen molar-refractivity contribution in [2.45, 2.75) is 6.54 Å². The van der Waals surface area contributed by atoms with Crippen molar-refractivity contribution in [1.82, 2.24) is 24.9 Å². The van der Waals surface area contributed by atoms with Crippen LogP contribution in [0.2, 0.25) is 0 Å². The van der Waals surface area contributed by atoms with Crippen LogP contribution >= 0.6 is 0 Å². The molecule has 27 heavy (non-hydrogen) atoms. The minimum atomic E-state index is -1.07. The van der Waals surface area contributed by atoms with E-state index in [0.29, 0.717) is 35.0 Å². The highest BCUT2D eigenvalue weighted by molar-refractivity contribution is 5.89. The molecular weight excluding hydrogens is 346 g/mol. The van der Waals surface area contributed by atoms with E-state index in [1.54, 1.807) is 12.2 Å². The zero-order valence-electron chi connectivity index (χ0n) is 14.3. The number of imidazole rings is 1. The highest BCUT2D eigenvalue weighted by atomic mass is 16.4. The van der Waals surface area contributed by atoms with Crippen molar-refractivity contribution in [3.8, 4) is 11.1 Å². The average Bonchev–Trinajstić information content (AvgIpc) is 3.09. The molecule has 0 saturated carbocycles. The Bertz CT molecular complexity index is 1000. The molecule has 0 aliphatic carbocycles. The smallest absolute Gasteiger partial charge is 0.337 e. The Hall–Kier alpha value is -4.01. The van der Waals surface area contributed by atoms with Crippen molar-refractivity contribution in [3.05, 3.63) is 60.6 Å². The molecule has 5 N–H and O–H groups in total. The lowest BCUT2D eigenvalue weighted by molar-refractivity contribution is 0.0696. The van der Waals surface area contributed by atoms with Gasteiger partial charge < -0.3 is 21.1 Å². The zero-order valence-corrected chi connectivity index (χ0v) is 14.3. The van der Waals surface area contributed by atoms with Gasteiger partial charge in [-0.25, -0.2) is 14.8 Å². The molecule has 0 aliphatic rings. The molecule has 0 spiro atoms. The number of nitrogens with one attached hydrogen (secondary N) is 2. The molecule has 3 heterocycles. The highest BCUT2D eigenvalue weighted by Crippen LogP contribution is 2.26. The summed E-state index contributed by atoms with van der Waals surface area (Å²) >= 11 is 0. The van der Waals surface area contributed by atoms with Crippen LogP contribution in [0, 0.1) is 0 Å². The monoisotopic (exact) mass is 363 g/mol. The van der Waals surface area contributed by atoms with Crippen molar-refractivity contribution in [2.24, 2.45) is 0 Å². The molecule has 9 heteroatoms. The molecule has 0 aromatic carbocycles. The van der Waals surface area contributed by atoms with E-state index in [2.05, 4.69) is 43.4 Å². The van der Waals surface area contributed by atoms with Crippen LogP contribution in [-0.4, -0.2) is 36.0 Å². The third-order valence-electron chi connectivity index (χ3n) is 3.73. The van der Waals surface area contributed by atoms with Crippen LogP contribution in [0.5, 0.6) is 0 Å². The quantitative estimate of drug-likeness (QED) is 0.501. The van der Waals surface area contributed by atoms with Gasteiger partial charge in [0, 0.05) is 29.7 Å².